The predicted molar refractivity (Wildman–Crippen MR) is 151 cm³/mol. The van der Waals surface area contributed by atoms with Gasteiger partial charge in [-0.1, -0.05) is 18.2 Å². The van der Waals surface area contributed by atoms with Gasteiger partial charge in [-0.05, 0) is 88.3 Å². The summed E-state index contributed by atoms with van der Waals surface area (Å²) < 4.78 is 38.6. The first-order chi connectivity index (χ1) is 19.3. The lowest BCUT2D eigenvalue weighted by molar-refractivity contribution is -0.137. The van der Waals surface area contributed by atoms with Crippen LogP contribution in [0.15, 0.2) is 48.5 Å². The van der Waals surface area contributed by atoms with E-state index in [1.54, 1.807) is 0 Å². The molecule has 2 fully saturated rings. The summed E-state index contributed by atoms with van der Waals surface area (Å²) in [6.45, 7) is 6.96. The van der Waals surface area contributed by atoms with E-state index in [4.69, 9.17) is 0 Å². The number of nitrogens with one attached hydrogen (secondary N) is 4. The third kappa shape index (κ3) is 8.69. The van der Waals surface area contributed by atoms with E-state index in [2.05, 4.69) is 38.3 Å². The number of amides is 4. The second-order valence-electron chi connectivity index (χ2n) is 11.9. The monoisotopic (exact) mass is 573 g/mol. The highest BCUT2D eigenvalue weighted by Crippen LogP contribution is 2.36. The largest absolute Gasteiger partial charge is 0.416 e. The van der Waals surface area contributed by atoms with Gasteiger partial charge in [0.05, 0.1) is 18.2 Å². The van der Waals surface area contributed by atoms with Gasteiger partial charge < -0.3 is 21.3 Å². The maximum atomic E-state index is 12.9. The standard InChI is InChI=1S/C30H38F3N5O3/c1-29(2,3)37-28(41)36-23-11-7-19(8-12-23)20-9-13-25(14-10-20)38-17-24(18-38)35-26(39)16-34-27(40)21-5-4-6-22(15-21)30(31,32)33/h4-8,11-12,15,20,24-25H,9-10,13-14,16-18H2,1-3H3,(H,34,40)(H,35,39)(H2,36,37,41). The Balaban J connectivity index is 1.14. The average Bonchev–Trinajstić information content (AvgIpc) is 2.88. The van der Waals surface area contributed by atoms with Gasteiger partial charge in [0.2, 0.25) is 5.91 Å². The van der Waals surface area contributed by atoms with Crippen LogP contribution in [0.3, 0.4) is 0 Å². The van der Waals surface area contributed by atoms with E-state index >= 15 is 0 Å². The molecule has 1 saturated heterocycles. The number of carbonyl (C=O) groups is 3. The van der Waals surface area contributed by atoms with Gasteiger partial charge in [-0.25, -0.2) is 4.79 Å². The number of alkyl halides is 3. The highest BCUT2D eigenvalue weighted by molar-refractivity contribution is 5.96. The molecule has 1 heterocycles. The van der Waals surface area contributed by atoms with Crippen molar-refractivity contribution in [2.75, 3.05) is 25.0 Å². The number of halogens is 3. The molecule has 2 aromatic carbocycles. The number of nitrogens with zero attached hydrogens (tertiary/aromatic N) is 1. The number of urea groups is 1. The van der Waals surface area contributed by atoms with E-state index in [9.17, 15) is 27.6 Å². The zero-order valence-electron chi connectivity index (χ0n) is 23.6. The Hall–Kier alpha value is -3.60. The molecule has 0 radical (unpaired) electrons. The number of hydrogen-bond acceptors (Lipinski definition) is 4. The van der Waals surface area contributed by atoms with E-state index < -0.39 is 17.6 Å². The van der Waals surface area contributed by atoms with Gasteiger partial charge in [0.1, 0.15) is 0 Å². The number of rotatable bonds is 7. The Labute approximate surface area is 238 Å². The van der Waals surface area contributed by atoms with Crippen LogP contribution in [0, 0.1) is 0 Å². The van der Waals surface area contributed by atoms with E-state index in [-0.39, 0.29) is 35.6 Å². The third-order valence-corrected chi connectivity index (χ3v) is 7.48. The molecule has 0 spiro atoms. The van der Waals surface area contributed by atoms with E-state index in [1.807, 2.05) is 32.9 Å². The van der Waals surface area contributed by atoms with Crippen LogP contribution in [0.4, 0.5) is 23.7 Å². The van der Waals surface area contributed by atoms with Crippen LogP contribution < -0.4 is 21.3 Å². The van der Waals surface area contributed by atoms with Crippen molar-refractivity contribution in [3.63, 3.8) is 0 Å². The zero-order valence-corrected chi connectivity index (χ0v) is 23.6. The molecule has 2 aliphatic rings. The minimum absolute atomic E-state index is 0.0128. The average molecular weight is 574 g/mol. The molecule has 0 atom stereocenters. The molecule has 1 aliphatic heterocycles. The van der Waals surface area contributed by atoms with Crippen LogP contribution in [0.25, 0.3) is 0 Å². The summed E-state index contributed by atoms with van der Waals surface area (Å²) in [6.07, 6.45) is -0.286. The zero-order chi connectivity index (χ0) is 29.8. The summed E-state index contributed by atoms with van der Waals surface area (Å²) in [5.41, 5.74) is 0.667. The van der Waals surface area contributed by atoms with Crippen LogP contribution in [0.2, 0.25) is 0 Å². The van der Waals surface area contributed by atoms with Crippen molar-refractivity contribution in [1.82, 2.24) is 20.9 Å². The maximum absolute atomic E-state index is 12.9. The molecule has 1 aliphatic carbocycles. The molecule has 1 saturated carbocycles. The number of anilines is 1. The predicted octanol–water partition coefficient (Wildman–Crippen LogP) is 4.88. The molecule has 4 amide bonds. The van der Waals surface area contributed by atoms with E-state index in [1.165, 1.54) is 17.7 Å². The molecular weight excluding hydrogens is 535 g/mol. The smallest absolute Gasteiger partial charge is 0.349 e. The van der Waals surface area contributed by atoms with Crippen LogP contribution in [-0.2, 0) is 11.0 Å². The fourth-order valence-corrected chi connectivity index (χ4v) is 5.40. The van der Waals surface area contributed by atoms with Crippen molar-refractivity contribution >= 4 is 23.5 Å². The first-order valence-corrected chi connectivity index (χ1v) is 13.9. The van der Waals surface area contributed by atoms with Gasteiger partial charge in [0.25, 0.3) is 5.91 Å². The minimum atomic E-state index is -4.54. The van der Waals surface area contributed by atoms with Crippen LogP contribution in [-0.4, -0.2) is 60.0 Å². The normalized spacial score (nSPS) is 20.0. The molecule has 222 valence electrons. The van der Waals surface area contributed by atoms with Gasteiger partial charge in [0.15, 0.2) is 0 Å². The molecule has 11 heteroatoms. The minimum Gasteiger partial charge on any atom is -0.349 e. The Bertz CT molecular complexity index is 1230. The molecule has 2 aromatic rings. The Morgan fingerprint density at radius 1 is 0.927 bits per heavy atom. The molecule has 0 aromatic heterocycles. The fraction of sp³-hybridized carbons (Fsp3) is 0.500. The summed E-state index contributed by atoms with van der Waals surface area (Å²) in [7, 11) is 0. The van der Waals surface area contributed by atoms with Crippen molar-refractivity contribution in [3.8, 4) is 0 Å². The van der Waals surface area contributed by atoms with Crippen molar-refractivity contribution < 1.29 is 27.6 Å². The van der Waals surface area contributed by atoms with Crippen molar-refractivity contribution in [1.29, 1.82) is 0 Å². The maximum Gasteiger partial charge on any atom is 0.416 e. The van der Waals surface area contributed by atoms with Gasteiger partial charge in [0, 0.05) is 35.9 Å². The fourth-order valence-electron chi connectivity index (χ4n) is 5.40. The first-order valence-electron chi connectivity index (χ1n) is 13.9. The molecular formula is C30H38F3N5O3. The van der Waals surface area contributed by atoms with E-state index in [0.29, 0.717) is 12.0 Å². The number of benzene rings is 2. The number of hydrogen-bond donors (Lipinski definition) is 4. The Kier molecular flexibility index (Phi) is 9.26. The van der Waals surface area contributed by atoms with Crippen molar-refractivity contribution in [2.24, 2.45) is 0 Å². The van der Waals surface area contributed by atoms with Gasteiger partial charge >= 0.3 is 12.2 Å². The second-order valence-corrected chi connectivity index (χ2v) is 11.9. The molecule has 4 rings (SSSR count). The van der Waals surface area contributed by atoms with E-state index in [0.717, 1.165) is 56.6 Å². The Morgan fingerprint density at radius 2 is 1.59 bits per heavy atom. The lowest BCUT2D eigenvalue weighted by Gasteiger charge is -2.46. The lowest BCUT2D eigenvalue weighted by atomic mass is 9.80. The van der Waals surface area contributed by atoms with Gasteiger partial charge in [-0.3, -0.25) is 14.5 Å². The lowest BCUT2D eigenvalue weighted by Crippen LogP contribution is -2.63. The van der Waals surface area contributed by atoms with Crippen LogP contribution >= 0.6 is 0 Å². The summed E-state index contributed by atoms with van der Waals surface area (Å²) >= 11 is 0. The SMILES string of the molecule is CC(C)(C)NC(=O)Nc1ccc(C2CCC(N3CC(NC(=O)CNC(=O)c4cccc(C(F)(F)F)c4)C3)CC2)cc1. The quantitative estimate of drug-likeness (QED) is 0.379. The molecule has 8 nitrogen and oxygen atoms in total. The molecule has 0 unspecified atom stereocenters. The van der Waals surface area contributed by atoms with Gasteiger partial charge in [-0.15, -0.1) is 0 Å². The summed E-state index contributed by atoms with van der Waals surface area (Å²) in [5.74, 6) is -0.622. The topological polar surface area (TPSA) is 103 Å². The van der Waals surface area contributed by atoms with Crippen molar-refractivity contribution in [2.45, 2.75) is 76.2 Å². The van der Waals surface area contributed by atoms with Crippen molar-refractivity contribution in [3.05, 3.63) is 65.2 Å². The highest BCUT2D eigenvalue weighted by atomic mass is 19.4. The number of carbonyl (C=O) groups excluding carboxylic acids is 3. The first kappa shape index (κ1) is 30.4. The van der Waals surface area contributed by atoms with Crippen LogP contribution in [0.5, 0.6) is 0 Å². The highest BCUT2D eigenvalue weighted by Gasteiger charge is 2.35. The summed E-state index contributed by atoms with van der Waals surface area (Å²) in [6, 6.07) is 12.4. The summed E-state index contributed by atoms with van der Waals surface area (Å²) in [5, 5.41) is 11.0. The molecule has 0 bridgehead atoms. The summed E-state index contributed by atoms with van der Waals surface area (Å²) in [4.78, 5) is 38.9. The third-order valence-electron chi connectivity index (χ3n) is 7.48. The number of likely N-dealkylation sites (tertiary alicyclic amines) is 1. The molecule has 41 heavy (non-hydrogen) atoms. The Morgan fingerprint density at radius 3 is 2.20 bits per heavy atom. The molecule has 4 N–H and O–H groups in total. The van der Waals surface area contributed by atoms with Crippen LogP contribution in [0.1, 0.15) is 73.9 Å². The van der Waals surface area contributed by atoms with Gasteiger partial charge in [-0.2, -0.15) is 13.2 Å². The second kappa shape index (κ2) is 12.5.